The van der Waals surface area contributed by atoms with E-state index in [0.29, 0.717) is 28.6 Å². The Balaban J connectivity index is 1.76. The van der Waals surface area contributed by atoms with Crippen molar-refractivity contribution in [3.63, 3.8) is 0 Å². The summed E-state index contributed by atoms with van der Waals surface area (Å²) in [4.78, 5) is 8.60. The molecule has 4 aromatic rings. The summed E-state index contributed by atoms with van der Waals surface area (Å²) in [5, 5.41) is 7.80. The number of aromatic nitrogens is 5. The Bertz CT molecular complexity index is 1430. The van der Waals surface area contributed by atoms with Gasteiger partial charge in [-0.25, -0.2) is 9.97 Å². The predicted octanol–water partition coefficient (Wildman–Crippen LogP) is 4.80. The van der Waals surface area contributed by atoms with Gasteiger partial charge in [-0.3, -0.25) is 4.57 Å². The van der Waals surface area contributed by atoms with E-state index in [-0.39, 0.29) is 11.8 Å². The van der Waals surface area contributed by atoms with Crippen molar-refractivity contribution in [3.8, 4) is 34.3 Å². The maximum Gasteiger partial charge on any atom is 0.573 e. The molecule has 218 valence electrons. The molecule has 2 heterocycles. The molecule has 0 spiro atoms. The van der Waals surface area contributed by atoms with Crippen molar-refractivity contribution in [1.29, 1.82) is 0 Å². The molecule has 2 aromatic carbocycles. The minimum Gasteiger partial charge on any atom is -0.593 e. The first-order valence-corrected chi connectivity index (χ1v) is 13.3. The van der Waals surface area contributed by atoms with Crippen molar-refractivity contribution in [2.45, 2.75) is 31.6 Å². The number of nitrogens with one attached hydrogen (secondary N) is 1. The van der Waals surface area contributed by atoms with Crippen LogP contribution >= 0.6 is 0 Å². The van der Waals surface area contributed by atoms with Gasteiger partial charge in [-0.05, 0) is 55.8 Å². The summed E-state index contributed by atoms with van der Waals surface area (Å²) in [6.45, 7) is 3.55. The lowest BCUT2D eigenvalue weighted by molar-refractivity contribution is -0.274. The van der Waals surface area contributed by atoms with Crippen LogP contribution in [0.2, 0.25) is 0 Å². The van der Waals surface area contributed by atoms with Crippen LogP contribution in [0.25, 0.3) is 17.1 Å². The molecule has 11 nitrogen and oxygen atoms in total. The lowest BCUT2D eigenvalue weighted by Gasteiger charge is -2.24. The van der Waals surface area contributed by atoms with Crippen LogP contribution in [-0.4, -0.2) is 62.2 Å². The Morgan fingerprint density at radius 2 is 1.56 bits per heavy atom. The molecule has 0 saturated carbocycles. The maximum absolute atomic E-state index is 13.6. The van der Waals surface area contributed by atoms with E-state index >= 15 is 0 Å². The van der Waals surface area contributed by atoms with Gasteiger partial charge in [0.2, 0.25) is 0 Å². The first kappa shape index (κ1) is 29.9. The summed E-state index contributed by atoms with van der Waals surface area (Å²) in [5.74, 6) is 0.932. The number of benzene rings is 2. The molecule has 15 heteroatoms. The summed E-state index contributed by atoms with van der Waals surface area (Å²) in [5.41, 5.74) is 1.61. The van der Waals surface area contributed by atoms with Crippen molar-refractivity contribution < 1.29 is 36.7 Å². The second-order valence-corrected chi connectivity index (χ2v) is 10.2. The Kier molecular flexibility index (Phi) is 9.20. The fraction of sp³-hybridized carbons (Fsp3) is 0.308. The van der Waals surface area contributed by atoms with Crippen LogP contribution < -0.4 is 18.9 Å². The number of methoxy groups -OCH3 is 3. The number of rotatable bonds is 11. The topological polar surface area (TPSA) is 128 Å². The monoisotopic (exact) mass is 592 g/mol. The van der Waals surface area contributed by atoms with Gasteiger partial charge >= 0.3 is 6.36 Å². The van der Waals surface area contributed by atoms with Crippen LogP contribution in [0, 0.1) is 6.92 Å². The van der Waals surface area contributed by atoms with E-state index in [0.717, 1.165) is 17.7 Å². The first-order valence-electron chi connectivity index (χ1n) is 12.1. The van der Waals surface area contributed by atoms with Crippen LogP contribution in [0.1, 0.15) is 24.4 Å². The Labute approximate surface area is 237 Å². The third-order valence-electron chi connectivity index (χ3n) is 5.90. The summed E-state index contributed by atoms with van der Waals surface area (Å²) in [6.07, 6.45) is -2.28. The summed E-state index contributed by atoms with van der Waals surface area (Å²) in [7, 11) is 4.39. The zero-order valence-electron chi connectivity index (χ0n) is 22.7. The number of nitrogens with zero attached hydrogens (tertiary/aromatic N) is 5. The second-order valence-electron chi connectivity index (χ2n) is 8.65. The molecule has 0 aliphatic heterocycles. The van der Waals surface area contributed by atoms with Gasteiger partial charge in [0.15, 0.2) is 23.0 Å². The molecular weight excluding hydrogens is 565 g/mol. The van der Waals surface area contributed by atoms with Crippen molar-refractivity contribution in [3.05, 3.63) is 66.2 Å². The van der Waals surface area contributed by atoms with Crippen LogP contribution in [0.4, 0.5) is 19.1 Å². The number of aryl methyl sites for hydroxylation is 1. The van der Waals surface area contributed by atoms with E-state index in [1.165, 1.54) is 38.0 Å². The fourth-order valence-electron chi connectivity index (χ4n) is 3.96. The van der Waals surface area contributed by atoms with E-state index in [1.54, 1.807) is 37.5 Å². The molecule has 0 amide bonds. The Morgan fingerprint density at radius 1 is 0.951 bits per heavy atom. The fourth-order valence-corrected chi connectivity index (χ4v) is 4.91. The molecule has 0 saturated heterocycles. The average molecular weight is 593 g/mol. The number of hydrogen-bond donors (Lipinski definition) is 1. The third-order valence-corrected chi connectivity index (χ3v) is 7.21. The number of alkyl halides is 3. The highest BCUT2D eigenvalue weighted by molar-refractivity contribution is 7.93. The van der Waals surface area contributed by atoms with E-state index in [4.69, 9.17) is 14.2 Å². The third kappa shape index (κ3) is 6.81. The van der Waals surface area contributed by atoms with Gasteiger partial charge in [-0.1, -0.05) is 6.07 Å². The van der Waals surface area contributed by atoms with Crippen LogP contribution in [0.3, 0.4) is 0 Å². The molecule has 0 aliphatic rings. The van der Waals surface area contributed by atoms with Crippen molar-refractivity contribution >= 4 is 17.3 Å². The van der Waals surface area contributed by atoms with Gasteiger partial charge in [-0.15, -0.1) is 23.4 Å². The number of halogens is 3. The summed E-state index contributed by atoms with van der Waals surface area (Å²) < 4.78 is 76.7. The van der Waals surface area contributed by atoms with Gasteiger partial charge in [-0.2, -0.15) is 4.72 Å². The largest absolute Gasteiger partial charge is 0.593 e. The van der Waals surface area contributed by atoms with Gasteiger partial charge < -0.3 is 23.5 Å². The van der Waals surface area contributed by atoms with Crippen LogP contribution in [0.15, 0.2) is 54.9 Å². The van der Waals surface area contributed by atoms with Gasteiger partial charge in [0.05, 0.1) is 25.6 Å². The quantitative estimate of drug-likeness (QED) is 0.243. The molecule has 3 atom stereocenters. The van der Waals surface area contributed by atoms with Crippen LogP contribution in [-0.2, 0) is 16.1 Å². The van der Waals surface area contributed by atoms with E-state index in [9.17, 15) is 17.7 Å². The standard InChI is InChI=1S/C26H27F3N6O5S/c1-15-13-30-23(31-14-15)22(39-5)16(2)41(36)34-25-33-32-24(17-9-11-18(12-10-17)40-26(27,28)29)35(25)21-19(37-3)7-6-8-20(21)38-4/h6-14,16,22H,1-5H3,(H,33,34). The number of para-hydroxylation sites is 1. The Morgan fingerprint density at radius 3 is 2.10 bits per heavy atom. The summed E-state index contributed by atoms with van der Waals surface area (Å²) >= 11 is -1.82. The minimum atomic E-state index is -4.84. The molecule has 1 N–H and O–H groups in total. The highest BCUT2D eigenvalue weighted by Gasteiger charge is 2.34. The van der Waals surface area contributed by atoms with Gasteiger partial charge in [0.1, 0.15) is 22.9 Å². The normalized spacial score (nSPS) is 13.8. The maximum atomic E-state index is 13.6. The highest BCUT2D eigenvalue weighted by Crippen LogP contribution is 2.38. The van der Waals surface area contributed by atoms with E-state index in [2.05, 4.69) is 29.6 Å². The smallest absolute Gasteiger partial charge is 0.573 e. The zero-order valence-corrected chi connectivity index (χ0v) is 23.5. The lowest BCUT2D eigenvalue weighted by Crippen LogP contribution is -2.33. The second kappa shape index (κ2) is 12.6. The molecule has 0 fully saturated rings. The predicted molar refractivity (Wildman–Crippen MR) is 144 cm³/mol. The van der Waals surface area contributed by atoms with Crippen LogP contribution in [0.5, 0.6) is 17.2 Å². The van der Waals surface area contributed by atoms with Gasteiger partial charge in [0.25, 0.3) is 5.95 Å². The molecule has 4 rings (SSSR count). The molecular formula is C26H27F3N6O5S. The molecule has 0 aliphatic carbocycles. The summed E-state index contributed by atoms with van der Waals surface area (Å²) in [6, 6.07) is 10.2. The molecule has 0 bridgehead atoms. The number of ether oxygens (including phenoxy) is 4. The molecule has 2 aromatic heterocycles. The zero-order chi connectivity index (χ0) is 29.7. The van der Waals surface area contributed by atoms with Gasteiger partial charge in [0, 0.05) is 25.1 Å². The van der Waals surface area contributed by atoms with Crippen molar-refractivity contribution in [2.24, 2.45) is 0 Å². The average Bonchev–Trinajstić information content (AvgIpc) is 3.36. The minimum absolute atomic E-state index is 0.0447. The Hall–Kier alpha value is -4.08. The van der Waals surface area contributed by atoms with Crippen molar-refractivity contribution in [1.82, 2.24) is 24.7 Å². The van der Waals surface area contributed by atoms with Crippen molar-refractivity contribution in [2.75, 3.05) is 26.1 Å². The lowest BCUT2D eigenvalue weighted by atomic mass is 10.2. The number of hydrogen-bond acceptors (Lipinski definition) is 10. The molecule has 0 radical (unpaired) electrons. The first-order chi connectivity index (χ1) is 19.6. The molecule has 41 heavy (non-hydrogen) atoms. The molecule has 3 unspecified atom stereocenters. The number of anilines is 1. The van der Waals surface area contributed by atoms with E-state index < -0.39 is 34.8 Å². The highest BCUT2D eigenvalue weighted by atomic mass is 32.2. The SMILES string of the molecule is COc1cccc(OC)c1-n1c(N[S+]([O-])C(C)C(OC)c2ncc(C)cn2)nnc1-c1ccc(OC(F)(F)F)cc1. The van der Waals surface area contributed by atoms with E-state index in [1.807, 2.05) is 6.92 Å².